The van der Waals surface area contributed by atoms with E-state index in [1.54, 1.807) is 0 Å². The van der Waals surface area contributed by atoms with Crippen molar-refractivity contribution in [3.63, 3.8) is 0 Å². The minimum absolute atomic E-state index is 0. The van der Waals surface area contributed by atoms with E-state index in [1.807, 2.05) is 0 Å². The van der Waals surface area contributed by atoms with Crippen molar-refractivity contribution >= 4 is 0 Å². The molecular weight excluding hydrogens is 213 g/mol. The largest absolute Gasteiger partial charge is 0.361 e. The molecule has 1 rings (SSSR count). The van der Waals surface area contributed by atoms with Crippen LogP contribution in [0.25, 0.3) is 0 Å². The molecular formula is C8H16N2Y-2. The molecule has 1 radical (unpaired) electrons. The summed E-state index contributed by atoms with van der Waals surface area (Å²) in [5, 5.41) is 0. The Balaban J connectivity index is 0.000001000. The van der Waals surface area contributed by atoms with Gasteiger partial charge in [0.25, 0.3) is 0 Å². The first-order chi connectivity index (χ1) is 4.74. The van der Waals surface area contributed by atoms with E-state index in [-0.39, 0.29) is 32.7 Å². The molecule has 63 valence electrons. The molecule has 2 nitrogen and oxygen atoms in total. The Bertz CT molecular complexity index is 108. The van der Waals surface area contributed by atoms with E-state index >= 15 is 0 Å². The summed E-state index contributed by atoms with van der Waals surface area (Å²) < 4.78 is 0. The van der Waals surface area contributed by atoms with Crippen LogP contribution in [-0.4, -0.2) is 49.6 Å². The first-order valence-corrected chi connectivity index (χ1v) is 3.75. The van der Waals surface area contributed by atoms with Crippen LogP contribution in [-0.2, 0) is 32.7 Å². The molecule has 0 saturated carbocycles. The standard InChI is InChI=1S/C8H16N2.Y/c1-4-10(3)8-5-6-9(2)7-8;/h5,8H,1,4,6-7H2,2-3H3;/q-2;. The fraction of sp³-hybridized carbons (Fsp3) is 0.750. The SMILES string of the molecule is [CH2-]CN(C)C1[CH-]CN(C)C1.[Y]. The van der Waals surface area contributed by atoms with Gasteiger partial charge < -0.3 is 16.7 Å². The first-order valence-electron chi connectivity index (χ1n) is 3.75. The summed E-state index contributed by atoms with van der Waals surface area (Å²) in [6.07, 6.45) is 2.34. The predicted octanol–water partition coefficient (Wildman–Crippen LogP) is 0.268. The Morgan fingerprint density at radius 2 is 2.36 bits per heavy atom. The summed E-state index contributed by atoms with van der Waals surface area (Å²) in [4.78, 5) is 4.58. The van der Waals surface area contributed by atoms with Crippen molar-refractivity contribution < 1.29 is 32.7 Å². The molecule has 1 aliphatic rings. The van der Waals surface area contributed by atoms with Crippen LogP contribution in [0.5, 0.6) is 0 Å². The summed E-state index contributed by atoms with van der Waals surface area (Å²) in [7, 11) is 4.26. The Morgan fingerprint density at radius 3 is 2.73 bits per heavy atom. The third kappa shape index (κ3) is 3.50. The van der Waals surface area contributed by atoms with Crippen molar-refractivity contribution in [1.29, 1.82) is 0 Å². The Hall–Kier alpha value is 1.02. The normalized spacial score (nSPS) is 25.6. The molecule has 11 heavy (non-hydrogen) atoms. The van der Waals surface area contributed by atoms with Gasteiger partial charge in [0.2, 0.25) is 0 Å². The number of likely N-dealkylation sites (tertiary alicyclic amines) is 1. The number of hydrogen-bond acceptors (Lipinski definition) is 2. The number of nitrogens with zero attached hydrogens (tertiary/aromatic N) is 2. The molecule has 0 bridgehead atoms. The second-order valence-electron chi connectivity index (χ2n) is 3.00. The van der Waals surface area contributed by atoms with Gasteiger partial charge in [0.15, 0.2) is 0 Å². The van der Waals surface area contributed by atoms with Crippen LogP contribution in [0.4, 0.5) is 0 Å². The maximum Gasteiger partial charge on any atom is 0 e. The van der Waals surface area contributed by atoms with Crippen molar-refractivity contribution in [2.75, 3.05) is 33.7 Å². The van der Waals surface area contributed by atoms with Crippen LogP contribution in [0.1, 0.15) is 0 Å². The van der Waals surface area contributed by atoms with Crippen molar-refractivity contribution in [3.05, 3.63) is 13.3 Å². The molecule has 0 aromatic heterocycles. The van der Waals surface area contributed by atoms with Crippen LogP contribution in [0.2, 0.25) is 0 Å². The fourth-order valence-corrected chi connectivity index (χ4v) is 1.26. The van der Waals surface area contributed by atoms with Gasteiger partial charge in [0.1, 0.15) is 0 Å². The molecule has 0 N–H and O–H groups in total. The first kappa shape index (κ1) is 12.0. The molecule has 0 spiro atoms. The predicted molar refractivity (Wildman–Crippen MR) is 43.6 cm³/mol. The number of likely N-dealkylation sites (N-methyl/N-ethyl adjacent to an activating group) is 2. The third-order valence-electron chi connectivity index (χ3n) is 2.11. The second kappa shape index (κ2) is 5.63. The molecule has 1 heterocycles. The van der Waals surface area contributed by atoms with Crippen molar-refractivity contribution in [1.82, 2.24) is 9.80 Å². The van der Waals surface area contributed by atoms with Gasteiger partial charge in [-0.25, -0.2) is 0 Å². The van der Waals surface area contributed by atoms with Crippen LogP contribution in [0.15, 0.2) is 0 Å². The van der Waals surface area contributed by atoms with E-state index in [4.69, 9.17) is 0 Å². The zero-order chi connectivity index (χ0) is 7.56. The van der Waals surface area contributed by atoms with Crippen molar-refractivity contribution in [2.45, 2.75) is 6.04 Å². The summed E-state index contributed by atoms with van der Waals surface area (Å²) in [6.45, 7) is 7.02. The summed E-state index contributed by atoms with van der Waals surface area (Å²) in [5.41, 5.74) is 0. The van der Waals surface area contributed by atoms with Gasteiger partial charge in [-0.3, -0.25) is 6.42 Å². The van der Waals surface area contributed by atoms with Crippen LogP contribution >= 0.6 is 0 Å². The monoisotopic (exact) mass is 229 g/mol. The summed E-state index contributed by atoms with van der Waals surface area (Å²) in [6, 6.07) is 0.627. The van der Waals surface area contributed by atoms with Gasteiger partial charge in [-0.15, -0.1) is 19.1 Å². The Morgan fingerprint density at radius 1 is 1.73 bits per heavy atom. The van der Waals surface area contributed by atoms with Gasteiger partial charge >= 0.3 is 0 Å². The maximum absolute atomic E-state index is 3.84. The third-order valence-corrected chi connectivity index (χ3v) is 2.11. The van der Waals surface area contributed by atoms with E-state index in [0.29, 0.717) is 6.04 Å². The van der Waals surface area contributed by atoms with Crippen LogP contribution in [0, 0.1) is 13.3 Å². The van der Waals surface area contributed by atoms with Gasteiger partial charge in [0, 0.05) is 32.7 Å². The van der Waals surface area contributed by atoms with Crippen molar-refractivity contribution in [2.24, 2.45) is 0 Å². The molecule has 0 aromatic carbocycles. The minimum atomic E-state index is 0. The van der Waals surface area contributed by atoms with Crippen LogP contribution < -0.4 is 0 Å². The summed E-state index contributed by atoms with van der Waals surface area (Å²) >= 11 is 0. The van der Waals surface area contributed by atoms with Gasteiger partial charge in [0.05, 0.1) is 0 Å². The fourth-order valence-electron chi connectivity index (χ4n) is 1.26. The number of rotatable bonds is 2. The quantitative estimate of drug-likeness (QED) is 0.627. The molecule has 1 unspecified atom stereocenters. The van der Waals surface area contributed by atoms with E-state index in [9.17, 15) is 0 Å². The Labute approximate surface area is 95.2 Å². The molecule has 1 fully saturated rings. The topological polar surface area (TPSA) is 6.48 Å². The molecule has 3 heteroatoms. The average molecular weight is 229 g/mol. The average Bonchev–Trinajstić information content (AvgIpc) is 2.34. The van der Waals surface area contributed by atoms with Crippen molar-refractivity contribution in [3.8, 4) is 0 Å². The zero-order valence-corrected chi connectivity index (χ0v) is 10.3. The molecule has 1 atom stereocenters. The second-order valence-corrected chi connectivity index (χ2v) is 3.00. The van der Waals surface area contributed by atoms with E-state index in [1.165, 1.54) is 0 Å². The molecule has 0 aliphatic carbocycles. The zero-order valence-electron chi connectivity index (χ0n) is 7.45. The summed E-state index contributed by atoms with van der Waals surface area (Å²) in [5.74, 6) is 0. The van der Waals surface area contributed by atoms with E-state index in [0.717, 1.165) is 19.6 Å². The minimum Gasteiger partial charge on any atom is -0.361 e. The van der Waals surface area contributed by atoms with Crippen LogP contribution in [0.3, 0.4) is 0 Å². The molecule has 0 aromatic rings. The number of hydrogen-bond donors (Lipinski definition) is 0. The van der Waals surface area contributed by atoms with Gasteiger partial charge in [-0.1, -0.05) is 0 Å². The van der Waals surface area contributed by atoms with E-state index < -0.39 is 0 Å². The smallest absolute Gasteiger partial charge is 0 e. The molecule has 1 saturated heterocycles. The molecule has 1 aliphatic heterocycles. The Kier molecular flexibility index (Phi) is 6.16. The maximum atomic E-state index is 3.84. The van der Waals surface area contributed by atoms with Gasteiger partial charge in [-0.05, 0) is 20.6 Å². The molecule has 0 amide bonds. The van der Waals surface area contributed by atoms with E-state index in [2.05, 4.69) is 37.2 Å². The van der Waals surface area contributed by atoms with Gasteiger partial charge in [-0.2, -0.15) is 0 Å².